The number of rotatable bonds is 3. The second-order valence-electron chi connectivity index (χ2n) is 4.44. The number of hydrogen-bond acceptors (Lipinski definition) is 0. The third kappa shape index (κ3) is 19.5. The van der Waals surface area contributed by atoms with Crippen molar-refractivity contribution in [2.45, 2.75) is 36.3 Å². The molecule has 112 valence electrons. The van der Waals surface area contributed by atoms with Crippen LogP contribution in [-0.2, 0) is 25.8 Å². The molecule has 1 aliphatic rings. The Morgan fingerprint density at radius 1 is 1.05 bits per heavy atom. The minimum Gasteiger partial charge on any atom is -0.689 e. The Morgan fingerprint density at radius 2 is 1.47 bits per heavy atom. The van der Waals surface area contributed by atoms with Crippen molar-refractivity contribution in [2.24, 2.45) is 5.92 Å². The summed E-state index contributed by atoms with van der Waals surface area (Å²) >= 11 is 2.60. The Morgan fingerprint density at radius 3 is 1.74 bits per heavy atom. The van der Waals surface area contributed by atoms with Crippen LogP contribution >= 0.6 is 22.6 Å². The van der Waals surface area contributed by atoms with Crippen LogP contribution in [0, 0.1) is 13.3 Å². The Hall–Kier alpha value is 1.55. The molecule has 0 radical (unpaired) electrons. The second kappa shape index (κ2) is 21.8. The van der Waals surface area contributed by atoms with Crippen molar-refractivity contribution in [3.05, 3.63) is 23.3 Å². The molecule has 0 heterocycles. The average molecular weight is 546 g/mol. The molecule has 3 nitrogen and oxygen atoms in total. The van der Waals surface area contributed by atoms with Crippen LogP contribution in [0.3, 0.4) is 0 Å². The molecule has 0 saturated heterocycles. The van der Waals surface area contributed by atoms with Crippen LogP contribution < -0.4 is 0 Å². The van der Waals surface area contributed by atoms with E-state index in [2.05, 4.69) is 45.3 Å². The minimum atomic E-state index is 0. The van der Waals surface area contributed by atoms with Gasteiger partial charge in [0.25, 0.3) is 0 Å². The van der Waals surface area contributed by atoms with E-state index >= 15 is 0 Å². The molecule has 1 rings (SSSR count). The zero-order chi connectivity index (χ0) is 13.7. The van der Waals surface area contributed by atoms with Crippen LogP contribution in [0.25, 0.3) is 15.9 Å². The van der Waals surface area contributed by atoms with Gasteiger partial charge in [0.2, 0.25) is 0 Å². The number of alkyl halides is 1. The van der Waals surface area contributed by atoms with Gasteiger partial charge in [-0.15, -0.1) is 6.82 Å². The van der Waals surface area contributed by atoms with Gasteiger partial charge in [0.05, 0.1) is 0 Å². The van der Waals surface area contributed by atoms with E-state index in [1.54, 1.807) is 28.2 Å². The van der Waals surface area contributed by atoms with Gasteiger partial charge in [-0.3, -0.25) is 0 Å². The molecule has 0 aromatic carbocycles. The second-order valence-corrected chi connectivity index (χ2v) is 6.04. The van der Waals surface area contributed by atoms with E-state index in [0.717, 1.165) is 9.84 Å². The standard InChI is InChI=1S/C8H16BIN.2C2H6N.CH3.Hf/c1-9(11-2)6-7-4-3-5-8(7)10;2*1-3-2;;/h7-8H,3-6H2,1-2H3;2*1-2H3;1H3;/q4*-1;+4. The minimum absolute atomic E-state index is 0. The van der Waals surface area contributed by atoms with Crippen molar-refractivity contribution >= 4 is 29.4 Å². The quantitative estimate of drug-likeness (QED) is 0.210. The van der Waals surface area contributed by atoms with E-state index in [1.807, 2.05) is 7.05 Å². The fraction of sp³-hybridized carbons (Fsp3) is 0.923. The summed E-state index contributed by atoms with van der Waals surface area (Å²) in [5.41, 5.74) is 0. The third-order valence-corrected chi connectivity index (χ3v) is 4.29. The van der Waals surface area contributed by atoms with Crippen molar-refractivity contribution in [1.29, 1.82) is 0 Å². The van der Waals surface area contributed by atoms with E-state index in [4.69, 9.17) is 0 Å². The molecule has 19 heavy (non-hydrogen) atoms. The zero-order valence-electron chi connectivity index (χ0n) is 13.8. The van der Waals surface area contributed by atoms with Crippen LogP contribution in [-0.4, -0.2) is 46.0 Å². The molecular weight excluding hydrogens is 514 g/mol. The van der Waals surface area contributed by atoms with E-state index in [-0.39, 0.29) is 33.3 Å². The summed E-state index contributed by atoms with van der Waals surface area (Å²) in [6, 6.07) is 0. The van der Waals surface area contributed by atoms with Crippen molar-refractivity contribution < 1.29 is 25.8 Å². The van der Waals surface area contributed by atoms with Crippen LogP contribution in [0.4, 0.5) is 0 Å². The van der Waals surface area contributed by atoms with Crippen molar-refractivity contribution in [2.75, 3.05) is 35.2 Å². The average Bonchev–Trinajstić information content (AvgIpc) is 2.66. The predicted molar refractivity (Wildman–Crippen MR) is 97.7 cm³/mol. The molecular formula is C13H31BHfIN3. The Labute approximate surface area is 155 Å². The van der Waals surface area contributed by atoms with Gasteiger partial charge in [0.15, 0.2) is 0 Å². The first-order valence-corrected chi connectivity index (χ1v) is 7.50. The Bertz CT molecular complexity index is 154. The van der Waals surface area contributed by atoms with E-state index < -0.39 is 0 Å². The molecule has 0 aromatic heterocycles. The van der Waals surface area contributed by atoms with Crippen molar-refractivity contribution in [3.8, 4) is 0 Å². The fourth-order valence-electron chi connectivity index (χ4n) is 1.80. The SMILES string of the molecule is C[N-]B(C)CC1CCCC1I.C[N-]C.C[N-]C.[CH3-].[Hf+4]. The fourth-order valence-corrected chi connectivity index (χ4v) is 2.89. The molecule has 0 spiro atoms. The van der Waals surface area contributed by atoms with E-state index in [0.29, 0.717) is 6.85 Å². The van der Waals surface area contributed by atoms with Crippen molar-refractivity contribution in [3.63, 3.8) is 0 Å². The van der Waals surface area contributed by atoms with Crippen molar-refractivity contribution in [1.82, 2.24) is 0 Å². The first-order chi connectivity index (χ1) is 8.06. The molecule has 2 atom stereocenters. The number of nitrogens with zero attached hydrogens (tertiary/aromatic N) is 3. The van der Waals surface area contributed by atoms with Gasteiger partial charge in [-0.05, 0) is 12.3 Å². The molecule has 6 heteroatoms. The van der Waals surface area contributed by atoms with E-state index in [9.17, 15) is 0 Å². The first-order valence-electron chi connectivity index (χ1n) is 6.26. The monoisotopic (exact) mass is 547 g/mol. The summed E-state index contributed by atoms with van der Waals surface area (Å²) in [4.78, 5) is 0. The Balaban J connectivity index is -0.000000122. The summed E-state index contributed by atoms with van der Waals surface area (Å²) in [6.45, 7) is 2.80. The molecule has 1 fully saturated rings. The molecule has 0 bridgehead atoms. The summed E-state index contributed by atoms with van der Waals surface area (Å²) in [7, 11) is 8.93. The van der Waals surface area contributed by atoms with E-state index in [1.165, 1.54) is 25.6 Å². The molecule has 0 amide bonds. The van der Waals surface area contributed by atoms with Gasteiger partial charge in [0, 0.05) is 10.8 Å². The summed E-state index contributed by atoms with van der Waals surface area (Å²) in [6.07, 6.45) is 5.62. The van der Waals surface area contributed by atoms with Crippen LogP contribution in [0.2, 0.25) is 13.1 Å². The molecule has 0 aliphatic heterocycles. The maximum absolute atomic E-state index is 4.28. The molecule has 0 N–H and O–H groups in total. The number of hydrogen-bond donors (Lipinski definition) is 0. The molecule has 1 saturated carbocycles. The summed E-state index contributed by atoms with van der Waals surface area (Å²) < 4.78 is 0.928. The van der Waals surface area contributed by atoms with Gasteiger partial charge in [-0.1, -0.05) is 41.8 Å². The predicted octanol–water partition coefficient (Wildman–Crippen LogP) is 4.90. The summed E-state index contributed by atoms with van der Waals surface area (Å²) in [5.74, 6) is 0.953. The van der Waals surface area contributed by atoms with Gasteiger partial charge in [-0.25, -0.2) is 0 Å². The van der Waals surface area contributed by atoms with Crippen LogP contribution in [0.5, 0.6) is 0 Å². The molecule has 2 unspecified atom stereocenters. The molecule has 0 aromatic rings. The zero-order valence-corrected chi connectivity index (χ0v) is 19.5. The van der Waals surface area contributed by atoms with Crippen LogP contribution in [0.1, 0.15) is 19.3 Å². The van der Waals surface area contributed by atoms with Gasteiger partial charge in [0.1, 0.15) is 0 Å². The summed E-state index contributed by atoms with van der Waals surface area (Å²) in [5, 5.41) is 11.3. The van der Waals surface area contributed by atoms with Crippen LogP contribution in [0.15, 0.2) is 0 Å². The maximum atomic E-state index is 4.28. The topological polar surface area (TPSA) is 42.3 Å². The third-order valence-electron chi connectivity index (χ3n) is 2.65. The molecule has 1 aliphatic carbocycles. The maximum Gasteiger partial charge on any atom is 4.00 e. The first kappa shape index (κ1) is 28.7. The smallest absolute Gasteiger partial charge is 0.689 e. The van der Waals surface area contributed by atoms with Gasteiger partial charge >= 0.3 is 25.8 Å². The Kier molecular flexibility index (Phi) is 33.0. The van der Waals surface area contributed by atoms with Gasteiger partial charge < -0.3 is 23.3 Å². The van der Waals surface area contributed by atoms with Gasteiger partial charge in [-0.2, -0.15) is 35.2 Å². The normalized spacial score (nSPS) is 19.7. The number of halogens is 1. The largest absolute Gasteiger partial charge is 4.00 e.